The molecule has 8 rings (SSSR count). The highest BCUT2D eigenvalue weighted by molar-refractivity contribution is 6.30. The number of benzene rings is 2. The number of hydrogen-bond acceptors (Lipinski definition) is 15. The molecule has 320 valence electrons. The van der Waals surface area contributed by atoms with Gasteiger partial charge in [0, 0.05) is 48.8 Å². The molecule has 6 unspecified atom stereocenters. The van der Waals surface area contributed by atoms with E-state index in [9.17, 15) is 39.6 Å². The minimum absolute atomic E-state index is 0.0885. The Kier molecular flexibility index (Phi) is 11.5. The minimum atomic E-state index is -1.41. The zero-order valence-corrected chi connectivity index (χ0v) is 33.7. The SMILES string of the molecule is CC1OC(c2ccc3c(c2O)C(=O)c2ccc(CC(C)(CC(=O)O)O[C@H]4CC[C@H](O[C@H]5CC[C@@H](O)C(C)O5)C(C)O4)c(O)c2C3=O)C[C@H]2O[C@H]3CC(=O)[C@H](C)O[C@H]3OC12. The predicted octanol–water partition coefficient (Wildman–Crippen LogP) is 4.17. The van der Waals surface area contributed by atoms with E-state index in [1.54, 1.807) is 27.7 Å². The summed E-state index contributed by atoms with van der Waals surface area (Å²) >= 11 is 0. The van der Waals surface area contributed by atoms with Crippen molar-refractivity contribution in [2.24, 2.45) is 0 Å². The van der Waals surface area contributed by atoms with E-state index in [-0.39, 0.29) is 70.6 Å². The first kappa shape index (κ1) is 41.9. The first-order valence-electron chi connectivity index (χ1n) is 20.5. The fourth-order valence-corrected chi connectivity index (χ4v) is 9.38. The van der Waals surface area contributed by atoms with Gasteiger partial charge in [0.25, 0.3) is 0 Å². The first-order chi connectivity index (χ1) is 28.0. The summed E-state index contributed by atoms with van der Waals surface area (Å²) in [5.41, 5.74) is -1.68. The normalized spacial score (nSPS) is 36.8. The van der Waals surface area contributed by atoms with Crippen molar-refractivity contribution in [2.45, 2.75) is 171 Å². The number of rotatable bonds is 9. The molecule has 1 aliphatic carbocycles. The van der Waals surface area contributed by atoms with Gasteiger partial charge >= 0.3 is 5.97 Å². The third-order valence-electron chi connectivity index (χ3n) is 12.6. The Morgan fingerprint density at radius 1 is 0.780 bits per heavy atom. The smallest absolute Gasteiger partial charge is 0.306 e. The summed E-state index contributed by atoms with van der Waals surface area (Å²) in [5, 5.41) is 43.1. The van der Waals surface area contributed by atoms with E-state index in [2.05, 4.69) is 0 Å². The van der Waals surface area contributed by atoms with Crippen molar-refractivity contribution in [1.82, 2.24) is 0 Å². The van der Waals surface area contributed by atoms with Gasteiger partial charge in [-0.1, -0.05) is 12.1 Å². The molecule has 0 saturated carbocycles. The highest BCUT2D eigenvalue weighted by atomic mass is 16.7. The number of Topliss-reactive ketones (excluding diaryl/α,β-unsaturated/α-hetero) is 1. The van der Waals surface area contributed by atoms with Crippen LogP contribution >= 0.6 is 0 Å². The van der Waals surface area contributed by atoms with Gasteiger partial charge in [-0.15, -0.1) is 0 Å². The average Bonchev–Trinajstić information content (AvgIpc) is 3.16. The Balaban J connectivity index is 0.973. The maximum Gasteiger partial charge on any atom is 0.306 e. The van der Waals surface area contributed by atoms with E-state index < -0.39 is 109 Å². The van der Waals surface area contributed by atoms with Crippen LogP contribution in [0.2, 0.25) is 0 Å². The van der Waals surface area contributed by atoms with Crippen molar-refractivity contribution in [3.63, 3.8) is 0 Å². The molecule has 0 aromatic heterocycles. The van der Waals surface area contributed by atoms with E-state index >= 15 is 0 Å². The van der Waals surface area contributed by atoms with Crippen molar-refractivity contribution >= 4 is 23.3 Å². The number of aliphatic carboxylic acids is 1. The Bertz CT molecular complexity index is 2000. The molecule has 5 fully saturated rings. The zero-order valence-electron chi connectivity index (χ0n) is 33.7. The van der Waals surface area contributed by atoms with E-state index in [1.807, 2.05) is 6.92 Å². The number of ether oxygens (including phenoxy) is 8. The van der Waals surface area contributed by atoms with Crippen LogP contribution in [0.3, 0.4) is 0 Å². The Hall–Kier alpha value is -3.84. The monoisotopic (exact) mass is 824 g/mol. The highest BCUT2D eigenvalue weighted by Crippen LogP contribution is 2.46. The molecule has 0 spiro atoms. The molecule has 14 atom stereocenters. The molecule has 0 radical (unpaired) electrons. The van der Waals surface area contributed by atoms with Gasteiger partial charge < -0.3 is 58.3 Å². The molecule has 16 heteroatoms. The lowest BCUT2D eigenvalue weighted by molar-refractivity contribution is -0.347. The molecule has 5 saturated heterocycles. The number of aromatic hydroxyl groups is 2. The molecule has 59 heavy (non-hydrogen) atoms. The maximum atomic E-state index is 14.1. The minimum Gasteiger partial charge on any atom is -0.507 e. The second-order valence-electron chi connectivity index (χ2n) is 17.0. The van der Waals surface area contributed by atoms with Gasteiger partial charge in [-0.25, -0.2) is 0 Å². The molecule has 16 nitrogen and oxygen atoms in total. The number of fused-ring (bicyclic) bond motifs is 4. The van der Waals surface area contributed by atoms with Crippen molar-refractivity contribution in [2.75, 3.05) is 0 Å². The largest absolute Gasteiger partial charge is 0.507 e. The van der Waals surface area contributed by atoms with Crippen molar-refractivity contribution < 1.29 is 77.5 Å². The standard InChI is InChI=1S/C43H52O16/c1-18-26(44)10-12-33(53-18)57-28-11-13-34(54-20(28)3)59-43(5,17-32(46)47)16-22-6-7-24-35(37(22)48)39(50)25-9-8-23(38(49)36(25)40(24)51)29-15-30-41(21(4)52-29)58-42-31(56-30)14-27(45)19(2)55-42/h6-9,18-21,26,28-31,33-34,41-42,44,48-49H,10-17H2,1-5H3,(H,46,47)/t18?,19-,20?,21?,26+,28-,29?,30+,31-,33-,34-,41?,42-,43?/m0/s1. The molecule has 0 bridgehead atoms. The zero-order chi connectivity index (χ0) is 42.1. The number of phenols is 2. The molecular weight excluding hydrogens is 772 g/mol. The fraction of sp³-hybridized carbons (Fsp3) is 0.628. The molecule has 6 aliphatic rings. The third kappa shape index (κ3) is 8.07. The number of phenolic OH excluding ortho intramolecular Hbond substituents is 2. The molecule has 0 amide bonds. The first-order valence-corrected chi connectivity index (χ1v) is 20.5. The topological polar surface area (TPSA) is 223 Å². The quantitative estimate of drug-likeness (QED) is 0.238. The van der Waals surface area contributed by atoms with Crippen LogP contribution in [0.15, 0.2) is 24.3 Å². The Morgan fingerprint density at radius 3 is 2.15 bits per heavy atom. The highest BCUT2D eigenvalue weighted by Gasteiger charge is 2.51. The predicted molar refractivity (Wildman–Crippen MR) is 202 cm³/mol. The maximum absolute atomic E-state index is 14.1. The average molecular weight is 825 g/mol. The van der Waals surface area contributed by atoms with Crippen LogP contribution in [0.5, 0.6) is 11.5 Å². The number of aliphatic hydroxyl groups excluding tert-OH is 1. The van der Waals surface area contributed by atoms with Gasteiger partial charge in [0.1, 0.15) is 29.8 Å². The second kappa shape index (κ2) is 16.2. The molecule has 2 aromatic rings. The fourth-order valence-electron chi connectivity index (χ4n) is 9.38. The summed E-state index contributed by atoms with van der Waals surface area (Å²) in [6, 6.07) is 5.77. The van der Waals surface area contributed by atoms with Crippen LogP contribution in [0.4, 0.5) is 0 Å². The molecule has 5 aliphatic heterocycles. The van der Waals surface area contributed by atoms with Crippen LogP contribution < -0.4 is 0 Å². The summed E-state index contributed by atoms with van der Waals surface area (Å²) in [6.45, 7) is 8.68. The molecular formula is C43H52O16. The lowest BCUT2D eigenvalue weighted by Gasteiger charge is -2.49. The van der Waals surface area contributed by atoms with E-state index in [4.69, 9.17) is 37.9 Å². The van der Waals surface area contributed by atoms with Gasteiger partial charge in [-0.3, -0.25) is 19.2 Å². The number of ketones is 3. The lowest BCUT2D eigenvalue weighted by atomic mass is 9.79. The number of carbonyl (C=O) groups is 4. The van der Waals surface area contributed by atoms with Crippen molar-refractivity contribution in [3.05, 3.63) is 57.6 Å². The van der Waals surface area contributed by atoms with Gasteiger partial charge in [-0.05, 0) is 65.2 Å². The van der Waals surface area contributed by atoms with Crippen LogP contribution in [-0.2, 0) is 53.9 Å². The number of carboxylic acids is 1. The molecule has 2 aromatic carbocycles. The van der Waals surface area contributed by atoms with Crippen molar-refractivity contribution in [3.8, 4) is 11.5 Å². The van der Waals surface area contributed by atoms with E-state index in [1.165, 1.54) is 24.3 Å². The van der Waals surface area contributed by atoms with E-state index in [0.717, 1.165) is 0 Å². The van der Waals surface area contributed by atoms with Crippen LogP contribution in [0.1, 0.15) is 129 Å². The van der Waals surface area contributed by atoms with Crippen molar-refractivity contribution in [1.29, 1.82) is 0 Å². The summed E-state index contributed by atoms with van der Waals surface area (Å²) in [6.07, 6.45) is -5.34. The number of aliphatic hydroxyl groups is 1. The second-order valence-corrected chi connectivity index (χ2v) is 17.0. The van der Waals surface area contributed by atoms with Gasteiger partial charge in [0.15, 0.2) is 36.2 Å². The Labute approximate surface area is 340 Å². The summed E-state index contributed by atoms with van der Waals surface area (Å²) in [5.74, 6) is -3.53. The Morgan fingerprint density at radius 2 is 1.46 bits per heavy atom. The number of carboxylic acid groups (broad SMARTS) is 1. The van der Waals surface area contributed by atoms with Crippen LogP contribution in [0, 0.1) is 0 Å². The summed E-state index contributed by atoms with van der Waals surface area (Å²) < 4.78 is 48.9. The molecule has 4 N–H and O–H groups in total. The summed E-state index contributed by atoms with van der Waals surface area (Å²) in [4.78, 5) is 52.6. The number of carbonyl (C=O) groups excluding carboxylic acids is 3. The molecule has 5 heterocycles. The number of hydrogen-bond donors (Lipinski definition) is 4. The summed E-state index contributed by atoms with van der Waals surface area (Å²) in [7, 11) is 0. The van der Waals surface area contributed by atoms with Gasteiger partial charge in [0.05, 0.1) is 65.9 Å². The lowest BCUT2D eigenvalue weighted by Crippen LogP contribution is -2.60. The van der Waals surface area contributed by atoms with Gasteiger partial charge in [-0.2, -0.15) is 0 Å². The third-order valence-corrected chi connectivity index (χ3v) is 12.6. The van der Waals surface area contributed by atoms with Crippen LogP contribution in [0.25, 0.3) is 0 Å². The van der Waals surface area contributed by atoms with Crippen LogP contribution in [-0.4, -0.2) is 123 Å². The van der Waals surface area contributed by atoms with Gasteiger partial charge in [0.2, 0.25) is 0 Å². The van der Waals surface area contributed by atoms with E-state index in [0.29, 0.717) is 25.7 Å².